The Hall–Kier alpha value is -4.44. The molecule has 0 heterocycles. The average Bonchev–Trinajstić information content (AvgIpc) is 2.84. The van der Waals surface area contributed by atoms with Gasteiger partial charge in [-0.3, -0.25) is 14.9 Å². The minimum absolute atomic E-state index is 0.138. The van der Waals surface area contributed by atoms with Crippen molar-refractivity contribution in [1.82, 2.24) is 5.43 Å². The zero-order valence-electron chi connectivity index (χ0n) is 17.8. The van der Waals surface area contributed by atoms with E-state index in [0.717, 1.165) is 0 Å². The van der Waals surface area contributed by atoms with Crippen LogP contribution in [-0.4, -0.2) is 36.7 Å². The lowest BCUT2D eigenvalue weighted by Gasteiger charge is -2.10. The van der Waals surface area contributed by atoms with Crippen LogP contribution in [-0.2, 0) is 4.79 Å². The van der Waals surface area contributed by atoms with Gasteiger partial charge in [-0.15, -0.1) is 0 Å². The summed E-state index contributed by atoms with van der Waals surface area (Å²) in [5, 5.41) is 15.2. The summed E-state index contributed by atoms with van der Waals surface area (Å²) >= 11 is 5.79. The van der Waals surface area contributed by atoms with E-state index in [0.29, 0.717) is 16.3 Å². The van der Waals surface area contributed by atoms with Crippen LogP contribution < -0.4 is 19.6 Å². The molecule has 1 N–H and O–H groups in total. The number of hydrogen-bond donors (Lipinski definition) is 1. The van der Waals surface area contributed by atoms with Gasteiger partial charge in [0.15, 0.2) is 18.1 Å². The maximum absolute atomic E-state index is 12.3. The van der Waals surface area contributed by atoms with Crippen LogP contribution in [0, 0.1) is 10.1 Å². The van der Waals surface area contributed by atoms with Gasteiger partial charge in [0, 0.05) is 17.2 Å². The quantitative estimate of drug-likeness (QED) is 0.160. The zero-order valence-corrected chi connectivity index (χ0v) is 18.5. The van der Waals surface area contributed by atoms with E-state index in [-0.39, 0.29) is 29.4 Å². The van der Waals surface area contributed by atoms with E-state index in [4.69, 9.17) is 25.8 Å². The van der Waals surface area contributed by atoms with Crippen LogP contribution in [0.2, 0.25) is 5.02 Å². The number of esters is 1. The lowest BCUT2D eigenvalue weighted by atomic mass is 10.2. The van der Waals surface area contributed by atoms with Crippen LogP contribution in [0.1, 0.15) is 15.9 Å². The summed E-state index contributed by atoms with van der Waals surface area (Å²) in [5.74, 6) is -0.290. The zero-order chi connectivity index (χ0) is 24.5. The number of nitrogens with zero attached hydrogens (tertiary/aromatic N) is 2. The summed E-state index contributed by atoms with van der Waals surface area (Å²) in [6.45, 7) is -0.236. The van der Waals surface area contributed by atoms with E-state index in [1.54, 1.807) is 36.4 Å². The number of carbonyl (C=O) groups is 2. The molecule has 0 aromatic heterocycles. The number of non-ortho nitro benzene ring substituents is 1. The van der Waals surface area contributed by atoms with E-state index in [2.05, 4.69) is 10.5 Å². The first-order valence-corrected chi connectivity index (χ1v) is 10.1. The molecule has 0 radical (unpaired) electrons. The monoisotopic (exact) mass is 483 g/mol. The molecule has 10 nitrogen and oxygen atoms in total. The molecule has 0 saturated heterocycles. The molecule has 0 aliphatic heterocycles. The lowest BCUT2D eigenvalue weighted by molar-refractivity contribution is -0.384. The fourth-order valence-electron chi connectivity index (χ4n) is 2.62. The number of hydrazone groups is 1. The molecular weight excluding hydrogens is 466 g/mol. The van der Waals surface area contributed by atoms with Gasteiger partial charge in [-0.2, -0.15) is 5.10 Å². The summed E-state index contributed by atoms with van der Waals surface area (Å²) < 4.78 is 15.9. The minimum atomic E-state index is -0.706. The summed E-state index contributed by atoms with van der Waals surface area (Å²) in [5.41, 5.74) is 2.90. The smallest absolute Gasteiger partial charge is 0.343 e. The second-order valence-corrected chi connectivity index (χ2v) is 7.08. The highest BCUT2D eigenvalue weighted by Gasteiger charge is 2.14. The Morgan fingerprint density at radius 2 is 1.76 bits per heavy atom. The summed E-state index contributed by atoms with van der Waals surface area (Å²) in [7, 11) is 1.40. The fourth-order valence-corrected chi connectivity index (χ4v) is 2.74. The fraction of sp³-hybridized carbons (Fsp3) is 0.0870. The maximum atomic E-state index is 12.3. The Kier molecular flexibility index (Phi) is 8.14. The van der Waals surface area contributed by atoms with Gasteiger partial charge in [-0.1, -0.05) is 11.6 Å². The third-order valence-corrected chi connectivity index (χ3v) is 4.54. The number of amides is 1. The molecule has 0 aliphatic carbocycles. The first-order chi connectivity index (χ1) is 16.4. The van der Waals surface area contributed by atoms with Crippen molar-refractivity contribution in [2.45, 2.75) is 0 Å². The highest BCUT2D eigenvalue weighted by atomic mass is 35.5. The van der Waals surface area contributed by atoms with Crippen molar-refractivity contribution >= 4 is 35.4 Å². The lowest BCUT2D eigenvalue weighted by Crippen LogP contribution is -2.24. The largest absolute Gasteiger partial charge is 0.493 e. The Labute approximate surface area is 198 Å². The van der Waals surface area contributed by atoms with Crippen molar-refractivity contribution in [3.63, 3.8) is 0 Å². The molecule has 0 saturated carbocycles. The summed E-state index contributed by atoms with van der Waals surface area (Å²) in [4.78, 5) is 34.4. The molecule has 0 spiro atoms. The molecule has 34 heavy (non-hydrogen) atoms. The minimum Gasteiger partial charge on any atom is -0.493 e. The molecule has 0 bridgehead atoms. The molecule has 11 heteroatoms. The van der Waals surface area contributed by atoms with Crippen LogP contribution >= 0.6 is 11.6 Å². The number of nitrogens with one attached hydrogen (secondary N) is 1. The Bertz CT molecular complexity index is 1210. The van der Waals surface area contributed by atoms with Crippen LogP contribution in [0.5, 0.6) is 17.2 Å². The van der Waals surface area contributed by atoms with Gasteiger partial charge < -0.3 is 14.2 Å². The second-order valence-electron chi connectivity index (χ2n) is 6.64. The molecule has 0 atom stereocenters. The number of carbonyl (C=O) groups excluding carboxylic acids is 2. The first-order valence-electron chi connectivity index (χ1n) is 9.70. The van der Waals surface area contributed by atoms with Crippen molar-refractivity contribution in [1.29, 1.82) is 0 Å². The van der Waals surface area contributed by atoms with E-state index in [1.165, 1.54) is 43.7 Å². The molecule has 3 aromatic rings. The topological polar surface area (TPSA) is 129 Å². The first kappa shape index (κ1) is 24.2. The van der Waals surface area contributed by atoms with Gasteiger partial charge in [-0.05, 0) is 60.2 Å². The molecule has 1 amide bonds. The van der Waals surface area contributed by atoms with Gasteiger partial charge in [0.2, 0.25) is 0 Å². The molecule has 3 rings (SSSR count). The maximum Gasteiger partial charge on any atom is 0.343 e. The van der Waals surface area contributed by atoms with Crippen molar-refractivity contribution in [3.05, 3.63) is 93.0 Å². The number of halogens is 1. The highest BCUT2D eigenvalue weighted by Crippen LogP contribution is 2.28. The molecule has 3 aromatic carbocycles. The Balaban J connectivity index is 1.56. The Morgan fingerprint density at radius 1 is 1.06 bits per heavy atom. The predicted molar refractivity (Wildman–Crippen MR) is 124 cm³/mol. The number of hydrogen-bond acceptors (Lipinski definition) is 8. The summed E-state index contributed by atoms with van der Waals surface area (Å²) in [6.07, 6.45) is 1.38. The molecule has 0 fully saturated rings. The van der Waals surface area contributed by atoms with Crippen LogP contribution in [0.4, 0.5) is 5.69 Å². The van der Waals surface area contributed by atoms with Crippen molar-refractivity contribution in [2.75, 3.05) is 13.7 Å². The number of ether oxygens (including phenoxy) is 3. The predicted octanol–water partition coefficient (Wildman–Crippen LogP) is 4.01. The van der Waals surface area contributed by atoms with Crippen LogP contribution in [0.15, 0.2) is 71.8 Å². The van der Waals surface area contributed by atoms with Gasteiger partial charge in [0.25, 0.3) is 11.6 Å². The Morgan fingerprint density at radius 3 is 2.41 bits per heavy atom. The summed E-state index contributed by atoms with van der Waals surface area (Å²) in [6, 6.07) is 16.2. The second kappa shape index (κ2) is 11.4. The van der Waals surface area contributed by atoms with E-state index in [1.807, 2.05) is 0 Å². The number of methoxy groups -OCH3 is 1. The van der Waals surface area contributed by atoms with Gasteiger partial charge in [-0.25, -0.2) is 10.2 Å². The van der Waals surface area contributed by atoms with Crippen LogP contribution in [0.25, 0.3) is 0 Å². The molecular formula is C23H18ClN3O7. The average molecular weight is 484 g/mol. The third-order valence-electron chi connectivity index (χ3n) is 4.29. The van der Waals surface area contributed by atoms with Gasteiger partial charge >= 0.3 is 5.97 Å². The molecule has 0 aliphatic rings. The molecule has 174 valence electrons. The third kappa shape index (κ3) is 6.78. The van der Waals surface area contributed by atoms with E-state index >= 15 is 0 Å². The van der Waals surface area contributed by atoms with E-state index in [9.17, 15) is 19.7 Å². The van der Waals surface area contributed by atoms with Gasteiger partial charge in [0.1, 0.15) is 5.75 Å². The van der Waals surface area contributed by atoms with E-state index < -0.39 is 16.8 Å². The van der Waals surface area contributed by atoms with Crippen molar-refractivity contribution in [3.8, 4) is 17.2 Å². The molecule has 0 unspecified atom stereocenters. The number of rotatable bonds is 9. The number of benzene rings is 3. The number of nitro benzene ring substituents is 1. The van der Waals surface area contributed by atoms with Gasteiger partial charge in [0.05, 0.1) is 23.8 Å². The van der Waals surface area contributed by atoms with Crippen LogP contribution in [0.3, 0.4) is 0 Å². The standard InChI is InChI=1S/C23H18ClN3O7/c1-32-21-12-15(13-25-26-22(28)14-33-19-9-5-17(24)6-10-19)2-11-20(21)34-23(29)16-3-7-18(8-4-16)27(30)31/h2-13H,14H2,1H3,(H,26,28)/b25-13+. The highest BCUT2D eigenvalue weighted by molar-refractivity contribution is 6.30. The van der Waals surface area contributed by atoms with Crippen molar-refractivity contribution in [2.24, 2.45) is 5.10 Å². The number of nitro groups is 1. The normalized spacial score (nSPS) is 10.5. The van der Waals surface area contributed by atoms with Crippen molar-refractivity contribution < 1.29 is 28.7 Å². The SMILES string of the molecule is COc1cc(/C=N/NC(=O)COc2ccc(Cl)cc2)ccc1OC(=O)c1ccc([N+](=O)[O-])cc1.